The van der Waals surface area contributed by atoms with Crippen molar-refractivity contribution in [3.63, 3.8) is 0 Å². The minimum Gasteiger partial charge on any atom is -0.379 e. The first-order chi connectivity index (χ1) is 9.64. The number of hydrogen-bond acceptors (Lipinski definition) is 4. The van der Waals surface area contributed by atoms with Crippen LogP contribution in [0.4, 0.5) is 0 Å². The first kappa shape index (κ1) is 17.4. The molecular formula is C15H30N2O3. The summed E-state index contributed by atoms with van der Waals surface area (Å²) in [5, 5.41) is 3.26. The Kier molecular flexibility index (Phi) is 8.11. The molecule has 0 heterocycles. The van der Waals surface area contributed by atoms with Crippen LogP contribution in [0.15, 0.2) is 0 Å². The van der Waals surface area contributed by atoms with Gasteiger partial charge in [0.2, 0.25) is 5.91 Å². The third-order valence-corrected chi connectivity index (χ3v) is 3.92. The standard InChI is InChI=1S/C15H30N2O3/c1-3-5-9-19-10-11-20-13-7-6-8-15(12-13,14(16)18)17-4-2/h13,17H,3-12H2,1-2H3,(H2,16,18). The second kappa shape index (κ2) is 9.32. The fraction of sp³-hybridized carbons (Fsp3) is 0.933. The van der Waals surface area contributed by atoms with E-state index in [-0.39, 0.29) is 12.0 Å². The van der Waals surface area contributed by atoms with E-state index in [1.165, 1.54) is 0 Å². The zero-order valence-electron chi connectivity index (χ0n) is 13.0. The maximum absolute atomic E-state index is 11.7. The molecule has 0 spiro atoms. The van der Waals surface area contributed by atoms with Crippen LogP contribution in [0.25, 0.3) is 0 Å². The SMILES string of the molecule is CCCCOCCOC1CCCC(NCC)(C(N)=O)C1. The summed E-state index contributed by atoms with van der Waals surface area (Å²) in [6.45, 7) is 6.91. The zero-order chi connectivity index (χ0) is 14.8. The Hall–Kier alpha value is -0.650. The molecule has 1 aliphatic carbocycles. The molecule has 1 saturated carbocycles. The highest BCUT2D eigenvalue weighted by molar-refractivity contribution is 5.84. The van der Waals surface area contributed by atoms with Crippen LogP contribution in [0.2, 0.25) is 0 Å². The summed E-state index contributed by atoms with van der Waals surface area (Å²) in [7, 11) is 0. The molecule has 0 aromatic rings. The van der Waals surface area contributed by atoms with Gasteiger partial charge in [0.05, 0.1) is 19.3 Å². The van der Waals surface area contributed by atoms with Gasteiger partial charge in [0.25, 0.3) is 0 Å². The first-order valence-electron chi connectivity index (χ1n) is 7.89. The van der Waals surface area contributed by atoms with Gasteiger partial charge >= 0.3 is 0 Å². The van der Waals surface area contributed by atoms with Crippen LogP contribution in [0.1, 0.15) is 52.4 Å². The fourth-order valence-corrected chi connectivity index (χ4v) is 2.80. The summed E-state index contributed by atoms with van der Waals surface area (Å²) < 4.78 is 11.3. The zero-order valence-corrected chi connectivity index (χ0v) is 13.0. The van der Waals surface area contributed by atoms with Crippen LogP contribution < -0.4 is 11.1 Å². The lowest BCUT2D eigenvalue weighted by molar-refractivity contribution is -0.128. The summed E-state index contributed by atoms with van der Waals surface area (Å²) in [5.41, 5.74) is 5.00. The number of unbranched alkanes of at least 4 members (excludes halogenated alkanes) is 1. The van der Waals surface area contributed by atoms with Crippen LogP contribution in [-0.4, -0.2) is 43.9 Å². The van der Waals surface area contributed by atoms with E-state index < -0.39 is 5.54 Å². The lowest BCUT2D eigenvalue weighted by Crippen LogP contribution is -2.58. The Labute approximate surface area is 122 Å². The van der Waals surface area contributed by atoms with Crippen LogP contribution in [0.5, 0.6) is 0 Å². The molecule has 5 heteroatoms. The summed E-state index contributed by atoms with van der Waals surface area (Å²) in [6, 6.07) is 0. The lowest BCUT2D eigenvalue weighted by Gasteiger charge is -2.39. The lowest BCUT2D eigenvalue weighted by atomic mass is 9.79. The van der Waals surface area contributed by atoms with E-state index in [9.17, 15) is 4.79 Å². The Morgan fingerprint density at radius 2 is 2.15 bits per heavy atom. The Balaban J connectivity index is 2.31. The number of ether oxygens (including phenoxy) is 2. The summed E-state index contributed by atoms with van der Waals surface area (Å²) in [4.78, 5) is 11.7. The summed E-state index contributed by atoms with van der Waals surface area (Å²) in [5.74, 6) is -0.258. The molecule has 0 radical (unpaired) electrons. The number of carbonyl (C=O) groups is 1. The Bertz CT molecular complexity index is 282. The van der Waals surface area contributed by atoms with Gasteiger partial charge in [-0.2, -0.15) is 0 Å². The quantitative estimate of drug-likeness (QED) is 0.598. The van der Waals surface area contributed by atoms with Crippen molar-refractivity contribution in [2.45, 2.75) is 64.0 Å². The summed E-state index contributed by atoms with van der Waals surface area (Å²) >= 11 is 0. The molecular weight excluding hydrogens is 256 g/mol. The Morgan fingerprint density at radius 1 is 1.35 bits per heavy atom. The molecule has 0 aromatic carbocycles. The predicted molar refractivity (Wildman–Crippen MR) is 79.5 cm³/mol. The molecule has 1 aliphatic rings. The van der Waals surface area contributed by atoms with E-state index in [4.69, 9.17) is 15.2 Å². The van der Waals surface area contributed by atoms with E-state index in [1.807, 2.05) is 6.92 Å². The average Bonchev–Trinajstić information content (AvgIpc) is 2.43. The van der Waals surface area contributed by atoms with Gasteiger partial charge in [0.1, 0.15) is 5.54 Å². The summed E-state index contributed by atoms with van der Waals surface area (Å²) in [6.07, 6.45) is 5.79. The number of likely N-dealkylation sites (N-methyl/N-ethyl adjacent to an activating group) is 1. The van der Waals surface area contributed by atoms with Crippen molar-refractivity contribution >= 4 is 5.91 Å². The molecule has 1 fully saturated rings. The van der Waals surface area contributed by atoms with Crippen molar-refractivity contribution < 1.29 is 14.3 Å². The third kappa shape index (κ3) is 5.38. The molecule has 20 heavy (non-hydrogen) atoms. The third-order valence-electron chi connectivity index (χ3n) is 3.92. The molecule has 0 bridgehead atoms. The normalized spacial score (nSPS) is 26.6. The van der Waals surface area contributed by atoms with E-state index >= 15 is 0 Å². The van der Waals surface area contributed by atoms with Crippen LogP contribution in [0.3, 0.4) is 0 Å². The number of hydrogen-bond donors (Lipinski definition) is 2. The predicted octanol–water partition coefficient (Wildman–Crippen LogP) is 1.60. The van der Waals surface area contributed by atoms with Gasteiger partial charge < -0.3 is 20.5 Å². The number of nitrogens with two attached hydrogens (primary N) is 1. The van der Waals surface area contributed by atoms with Crippen molar-refractivity contribution in [2.75, 3.05) is 26.4 Å². The number of amides is 1. The molecule has 1 amide bonds. The number of primary amides is 1. The van der Waals surface area contributed by atoms with Crippen molar-refractivity contribution in [3.05, 3.63) is 0 Å². The molecule has 2 atom stereocenters. The van der Waals surface area contributed by atoms with Crippen LogP contribution in [-0.2, 0) is 14.3 Å². The molecule has 0 saturated heterocycles. The highest BCUT2D eigenvalue weighted by Gasteiger charge is 2.40. The van der Waals surface area contributed by atoms with Gasteiger partial charge in [-0.25, -0.2) is 0 Å². The van der Waals surface area contributed by atoms with Crippen molar-refractivity contribution in [1.82, 2.24) is 5.32 Å². The molecule has 3 N–H and O–H groups in total. The van der Waals surface area contributed by atoms with E-state index in [1.54, 1.807) is 0 Å². The van der Waals surface area contributed by atoms with Crippen molar-refractivity contribution in [2.24, 2.45) is 5.73 Å². The van der Waals surface area contributed by atoms with Gasteiger partial charge in [0, 0.05) is 13.0 Å². The largest absolute Gasteiger partial charge is 0.379 e. The minimum atomic E-state index is -0.583. The average molecular weight is 286 g/mol. The van der Waals surface area contributed by atoms with Crippen molar-refractivity contribution in [3.8, 4) is 0 Å². The number of carbonyl (C=O) groups excluding carboxylic acids is 1. The first-order valence-corrected chi connectivity index (χ1v) is 7.89. The molecule has 0 aliphatic heterocycles. The van der Waals surface area contributed by atoms with E-state index in [0.29, 0.717) is 19.6 Å². The van der Waals surface area contributed by atoms with Crippen LogP contribution >= 0.6 is 0 Å². The van der Waals surface area contributed by atoms with Gasteiger partial charge in [-0.1, -0.05) is 20.3 Å². The number of nitrogens with one attached hydrogen (secondary N) is 1. The highest BCUT2D eigenvalue weighted by Crippen LogP contribution is 2.30. The van der Waals surface area contributed by atoms with Gasteiger partial charge in [0.15, 0.2) is 0 Å². The van der Waals surface area contributed by atoms with Crippen LogP contribution in [0, 0.1) is 0 Å². The fourth-order valence-electron chi connectivity index (χ4n) is 2.80. The smallest absolute Gasteiger partial charge is 0.237 e. The Morgan fingerprint density at radius 3 is 2.80 bits per heavy atom. The maximum atomic E-state index is 11.7. The molecule has 1 rings (SSSR count). The maximum Gasteiger partial charge on any atom is 0.237 e. The van der Waals surface area contributed by atoms with E-state index in [0.717, 1.165) is 45.3 Å². The minimum absolute atomic E-state index is 0.102. The molecule has 2 unspecified atom stereocenters. The van der Waals surface area contributed by atoms with Crippen molar-refractivity contribution in [1.29, 1.82) is 0 Å². The number of rotatable bonds is 10. The second-order valence-electron chi connectivity index (χ2n) is 5.53. The van der Waals surface area contributed by atoms with Gasteiger partial charge in [-0.3, -0.25) is 4.79 Å². The van der Waals surface area contributed by atoms with Gasteiger partial charge in [-0.05, 0) is 32.2 Å². The second-order valence-corrected chi connectivity index (χ2v) is 5.53. The highest BCUT2D eigenvalue weighted by atomic mass is 16.5. The molecule has 0 aromatic heterocycles. The molecule has 118 valence electrons. The van der Waals surface area contributed by atoms with E-state index in [2.05, 4.69) is 12.2 Å². The van der Waals surface area contributed by atoms with Gasteiger partial charge in [-0.15, -0.1) is 0 Å². The topological polar surface area (TPSA) is 73.6 Å². The molecule has 5 nitrogen and oxygen atoms in total. The monoisotopic (exact) mass is 286 g/mol.